The molecular formula is C20H21N5O2. The van der Waals surface area contributed by atoms with Gasteiger partial charge in [-0.25, -0.2) is 9.97 Å². The summed E-state index contributed by atoms with van der Waals surface area (Å²) < 4.78 is 5.20. The highest BCUT2D eigenvalue weighted by atomic mass is 16.5. The summed E-state index contributed by atoms with van der Waals surface area (Å²) in [4.78, 5) is 22.7. The molecule has 0 spiro atoms. The highest BCUT2D eigenvalue weighted by Gasteiger charge is 2.10. The molecule has 0 unspecified atom stereocenters. The van der Waals surface area contributed by atoms with Crippen LogP contribution in [0.25, 0.3) is 0 Å². The summed E-state index contributed by atoms with van der Waals surface area (Å²) in [7, 11) is 5.54. The zero-order chi connectivity index (χ0) is 19.2. The Hall–Kier alpha value is -3.61. The third-order valence-corrected chi connectivity index (χ3v) is 3.88. The molecule has 0 atom stereocenters. The van der Waals surface area contributed by atoms with Crippen molar-refractivity contribution in [2.24, 2.45) is 0 Å². The summed E-state index contributed by atoms with van der Waals surface area (Å²) in [5.41, 5.74) is 2.83. The number of benzene rings is 2. The van der Waals surface area contributed by atoms with Crippen LogP contribution in [-0.2, 0) is 0 Å². The van der Waals surface area contributed by atoms with E-state index in [1.807, 2.05) is 67.5 Å². The van der Waals surface area contributed by atoms with Crippen LogP contribution in [0.1, 0.15) is 10.5 Å². The Morgan fingerprint density at radius 2 is 1.78 bits per heavy atom. The summed E-state index contributed by atoms with van der Waals surface area (Å²) in [6.07, 6.45) is 1.35. The number of methoxy groups -OCH3 is 1. The first-order valence-corrected chi connectivity index (χ1v) is 8.37. The van der Waals surface area contributed by atoms with Crippen molar-refractivity contribution >= 4 is 28.8 Å². The van der Waals surface area contributed by atoms with E-state index in [9.17, 15) is 4.79 Å². The van der Waals surface area contributed by atoms with Crippen molar-refractivity contribution in [2.75, 3.05) is 36.7 Å². The van der Waals surface area contributed by atoms with Gasteiger partial charge in [0.2, 0.25) is 0 Å². The molecule has 7 nitrogen and oxygen atoms in total. The quantitative estimate of drug-likeness (QED) is 0.697. The van der Waals surface area contributed by atoms with Crippen molar-refractivity contribution in [3.05, 3.63) is 66.6 Å². The van der Waals surface area contributed by atoms with Gasteiger partial charge in [0, 0.05) is 43.3 Å². The fourth-order valence-corrected chi connectivity index (χ4v) is 2.44. The van der Waals surface area contributed by atoms with Crippen LogP contribution in [0.2, 0.25) is 0 Å². The number of rotatable bonds is 6. The summed E-state index contributed by atoms with van der Waals surface area (Å²) in [6.45, 7) is 0. The molecule has 3 rings (SSSR count). The minimum Gasteiger partial charge on any atom is -0.497 e. The van der Waals surface area contributed by atoms with E-state index in [4.69, 9.17) is 4.74 Å². The molecular weight excluding hydrogens is 342 g/mol. The lowest BCUT2D eigenvalue weighted by Crippen LogP contribution is -2.14. The van der Waals surface area contributed by atoms with E-state index in [2.05, 4.69) is 20.6 Å². The van der Waals surface area contributed by atoms with Crippen molar-refractivity contribution in [2.45, 2.75) is 0 Å². The molecule has 0 saturated heterocycles. The van der Waals surface area contributed by atoms with Gasteiger partial charge in [-0.3, -0.25) is 4.79 Å². The Bertz CT molecular complexity index is 926. The number of nitrogens with one attached hydrogen (secondary N) is 2. The van der Waals surface area contributed by atoms with E-state index in [1.54, 1.807) is 13.2 Å². The van der Waals surface area contributed by atoms with Gasteiger partial charge in [0.1, 0.15) is 23.6 Å². The standard InChI is InChI=1S/C20H21N5O2/c1-25(2)16-9-7-14(8-10-16)24-20(26)18-12-19(22-13-21-18)23-15-5-4-6-17(11-15)27-3/h4-13H,1-3H3,(H,24,26)(H,21,22,23). The van der Waals surface area contributed by atoms with E-state index in [-0.39, 0.29) is 11.6 Å². The van der Waals surface area contributed by atoms with E-state index < -0.39 is 0 Å². The maximum absolute atomic E-state index is 12.5. The second-order valence-corrected chi connectivity index (χ2v) is 6.04. The number of hydrogen-bond acceptors (Lipinski definition) is 6. The number of ether oxygens (including phenoxy) is 1. The monoisotopic (exact) mass is 363 g/mol. The maximum atomic E-state index is 12.5. The third kappa shape index (κ3) is 4.72. The maximum Gasteiger partial charge on any atom is 0.274 e. The van der Waals surface area contributed by atoms with Crippen molar-refractivity contribution < 1.29 is 9.53 Å². The van der Waals surface area contributed by atoms with Gasteiger partial charge in [-0.05, 0) is 36.4 Å². The van der Waals surface area contributed by atoms with Crippen LogP contribution in [-0.4, -0.2) is 37.1 Å². The molecule has 0 radical (unpaired) electrons. The highest BCUT2D eigenvalue weighted by molar-refractivity contribution is 6.03. The number of amides is 1. The zero-order valence-electron chi connectivity index (χ0n) is 15.4. The number of carbonyl (C=O) groups is 1. The predicted octanol–water partition coefficient (Wildman–Crippen LogP) is 3.55. The second-order valence-electron chi connectivity index (χ2n) is 6.04. The molecule has 0 saturated carbocycles. The number of hydrogen-bond donors (Lipinski definition) is 2. The molecule has 2 aromatic carbocycles. The summed E-state index contributed by atoms with van der Waals surface area (Å²) >= 11 is 0. The van der Waals surface area contributed by atoms with Gasteiger partial charge in [-0.15, -0.1) is 0 Å². The highest BCUT2D eigenvalue weighted by Crippen LogP contribution is 2.21. The van der Waals surface area contributed by atoms with Gasteiger partial charge in [-0.2, -0.15) is 0 Å². The fraction of sp³-hybridized carbons (Fsp3) is 0.150. The Morgan fingerprint density at radius 1 is 1.00 bits per heavy atom. The Labute approximate surface area is 158 Å². The summed E-state index contributed by atoms with van der Waals surface area (Å²) in [5.74, 6) is 0.947. The van der Waals surface area contributed by atoms with E-state index in [0.717, 1.165) is 17.1 Å². The lowest BCUT2D eigenvalue weighted by Gasteiger charge is -2.13. The van der Waals surface area contributed by atoms with Crippen LogP contribution < -0.4 is 20.3 Å². The summed E-state index contributed by atoms with van der Waals surface area (Å²) in [6, 6.07) is 16.6. The number of anilines is 4. The molecule has 1 aromatic heterocycles. The lowest BCUT2D eigenvalue weighted by molar-refractivity contribution is 0.102. The van der Waals surface area contributed by atoms with Crippen LogP contribution >= 0.6 is 0 Å². The van der Waals surface area contributed by atoms with Crippen LogP contribution in [0.4, 0.5) is 22.9 Å². The largest absolute Gasteiger partial charge is 0.497 e. The van der Waals surface area contributed by atoms with Crippen LogP contribution in [0.3, 0.4) is 0 Å². The average molecular weight is 363 g/mol. The van der Waals surface area contributed by atoms with Crippen molar-refractivity contribution in [3.63, 3.8) is 0 Å². The first kappa shape index (κ1) is 18.2. The van der Waals surface area contributed by atoms with E-state index in [0.29, 0.717) is 11.5 Å². The lowest BCUT2D eigenvalue weighted by atomic mass is 10.2. The Kier molecular flexibility index (Phi) is 5.51. The third-order valence-electron chi connectivity index (χ3n) is 3.88. The molecule has 0 fully saturated rings. The van der Waals surface area contributed by atoms with Gasteiger partial charge in [-0.1, -0.05) is 6.07 Å². The molecule has 1 heterocycles. The van der Waals surface area contributed by atoms with Gasteiger partial charge in [0.25, 0.3) is 5.91 Å². The molecule has 0 aliphatic carbocycles. The molecule has 0 bridgehead atoms. The van der Waals surface area contributed by atoms with Crippen LogP contribution in [0.5, 0.6) is 5.75 Å². The first-order chi connectivity index (χ1) is 13.0. The minimum atomic E-state index is -0.302. The molecule has 3 aromatic rings. The van der Waals surface area contributed by atoms with Crippen molar-refractivity contribution in [3.8, 4) is 5.75 Å². The molecule has 27 heavy (non-hydrogen) atoms. The Balaban J connectivity index is 1.71. The van der Waals surface area contributed by atoms with E-state index in [1.165, 1.54) is 6.33 Å². The second kappa shape index (κ2) is 8.18. The van der Waals surface area contributed by atoms with E-state index >= 15 is 0 Å². The number of nitrogens with zero attached hydrogens (tertiary/aromatic N) is 3. The molecule has 7 heteroatoms. The molecule has 0 aliphatic rings. The van der Waals surface area contributed by atoms with Crippen LogP contribution in [0.15, 0.2) is 60.9 Å². The van der Waals surface area contributed by atoms with Crippen LogP contribution in [0, 0.1) is 0 Å². The van der Waals surface area contributed by atoms with Gasteiger partial charge in [0.05, 0.1) is 7.11 Å². The topological polar surface area (TPSA) is 79.4 Å². The van der Waals surface area contributed by atoms with Gasteiger partial charge >= 0.3 is 0 Å². The molecule has 0 aliphatic heterocycles. The first-order valence-electron chi connectivity index (χ1n) is 8.37. The molecule has 2 N–H and O–H groups in total. The number of carbonyl (C=O) groups excluding carboxylic acids is 1. The van der Waals surface area contributed by atoms with Crippen molar-refractivity contribution in [1.82, 2.24) is 9.97 Å². The summed E-state index contributed by atoms with van der Waals surface area (Å²) in [5, 5.41) is 5.98. The van der Waals surface area contributed by atoms with Gasteiger partial charge < -0.3 is 20.3 Å². The minimum absolute atomic E-state index is 0.270. The fourth-order valence-electron chi connectivity index (χ4n) is 2.44. The molecule has 1 amide bonds. The molecule has 138 valence electrons. The zero-order valence-corrected chi connectivity index (χ0v) is 15.4. The van der Waals surface area contributed by atoms with Crippen molar-refractivity contribution in [1.29, 1.82) is 0 Å². The average Bonchev–Trinajstić information content (AvgIpc) is 2.68. The predicted molar refractivity (Wildman–Crippen MR) is 107 cm³/mol. The Morgan fingerprint density at radius 3 is 2.48 bits per heavy atom. The normalized spacial score (nSPS) is 10.2. The smallest absolute Gasteiger partial charge is 0.274 e. The number of aromatic nitrogens is 2. The van der Waals surface area contributed by atoms with Gasteiger partial charge in [0.15, 0.2) is 0 Å². The SMILES string of the molecule is COc1cccc(Nc2cc(C(=O)Nc3ccc(N(C)C)cc3)ncn2)c1.